The molecule has 1 fully saturated rings. The summed E-state index contributed by atoms with van der Waals surface area (Å²) in [6.07, 6.45) is 2.32. The van der Waals surface area contributed by atoms with Gasteiger partial charge in [0.25, 0.3) is 0 Å². The highest BCUT2D eigenvalue weighted by atomic mass is 19.1. The van der Waals surface area contributed by atoms with Crippen LogP contribution in [0.4, 0.5) is 9.18 Å². The van der Waals surface area contributed by atoms with Gasteiger partial charge >= 0.3 is 6.03 Å². The molecule has 150 valence electrons. The molecule has 2 aromatic carbocycles. The van der Waals surface area contributed by atoms with Crippen molar-refractivity contribution >= 4 is 6.03 Å². The number of carbonyl (C=O) groups excluding carboxylic acids is 1. The second-order valence-corrected chi connectivity index (χ2v) is 6.79. The summed E-state index contributed by atoms with van der Waals surface area (Å²) >= 11 is 0. The Labute approximate surface area is 165 Å². The maximum atomic E-state index is 12.9. The van der Waals surface area contributed by atoms with Crippen molar-refractivity contribution in [1.29, 1.82) is 0 Å². The molecule has 0 radical (unpaired) electrons. The van der Waals surface area contributed by atoms with Crippen LogP contribution in [-0.4, -0.2) is 43.3 Å². The number of halogens is 1. The number of piperidine rings is 1. The first-order valence-electron chi connectivity index (χ1n) is 9.81. The Morgan fingerprint density at radius 3 is 2.46 bits per heavy atom. The molecule has 28 heavy (non-hydrogen) atoms. The Morgan fingerprint density at radius 2 is 1.79 bits per heavy atom. The Balaban J connectivity index is 1.41. The van der Waals surface area contributed by atoms with E-state index >= 15 is 0 Å². The van der Waals surface area contributed by atoms with Crippen molar-refractivity contribution in [2.24, 2.45) is 0 Å². The lowest BCUT2D eigenvalue weighted by molar-refractivity contribution is 0.107. The minimum atomic E-state index is -0.248. The first-order chi connectivity index (χ1) is 13.7. The highest BCUT2D eigenvalue weighted by molar-refractivity contribution is 5.74. The molecule has 1 saturated heterocycles. The van der Waals surface area contributed by atoms with Crippen LogP contribution < -0.4 is 14.8 Å². The number of rotatable bonds is 7. The standard InChI is InChI=1S/C22H27FN2O3/c1-2-27-20-5-3-4-6-21(20)28-19-12-15-25(16-13-19)22(26)24-14-11-17-7-9-18(23)10-8-17/h3-10,19H,2,11-16H2,1H3,(H,24,26). The predicted octanol–water partition coefficient (Wildman–Crippen LogP) is 4.02. The van der Waals surface area contributed by atoms with Gasteiger partial charge in [-0.1, -0.05) is 24.3 Å². The van der Waals surface area contributed by atoms with Crippen molar-refractivity contribution in [3.8, 4) is 11.5 Å². The van der Waals surface area contributed by atoms with Crippen LogP contribution in [0.5, 0.6) is 11.5 Å². The summed E-state index contributed by atoms with van der Waals surface area (Å²) in [5, 5.41) is 2.94. The van der Waals surface area contributed by atoms with Crippen molar-refractivity contribution in [2.75, 3.05) is 26.2 Å². The SMILES string of the molecule is CCOc1ccccc1OC1CCN(C(=O)NCCc2ccc(F)cc2)CC1. The molecule has 1 aliphatic heterocycles. The number of hydrogen-bond donors (Lipinski definition) is 1. The second kappa shape index (κ2) is 9.97. The second-order valence-electron chi connectivity index (χ2n) is 6.79. The van der Waals surface area contributed by atoms with Crippen LogP contribution in [0.15, 0.2) is 48.5 Å². The van der Waals surface area contributed by atoms with Crippen LogP contribution in [0, 0.1) is 5.82 Å². The van der Waals surface area contributed by atoms with Gasteiger partial charge in [-0.25, -0.2) is 9.18 Å². The van der Waals surface area contributed by atoms with Crippen LogP contribution >= 0.6 is 0 Å². The van der Waals surface area contributed by atoms with E-state index in [0.717, 1.165) is 29.9 Å². The third kappa shape index (κ3) is 5.62. The van der Waals surface area contributed by atoms with Crippen molar-refractivity contribution in [2.45, 2.75) is 32.3 Å². The molecule has 0 aromatic heterocycles. The number of nitrogens with one attached hydrogen (secondary N) is 1. The fraction of sp³-hybridized carbons (Fsp3) is 0.409. The number of urea groups is 1. The summed E-state index contributed by atoms with van der Waals surface area (Å²) in [6.45, 7) is 4.39. The van der Waals surface area contributed by atoms with Gasteiger partial charge in [0.15, 0.2) is 11.5 Å². The Morgan fingerprint density at radius 1 is 1.11 bits per heavy atom. The number of para-hydroxylation sites is 2. The molecule has 2 amide bonds. The van der Waals surface area contributed by atoms with Crippen LogP contribution in [0.2, 0.25) is 0 Å². The molecule has 0 bridgehead atoms. The minimum absolute atomic E-state index is 0.0599. The Bertz CT molecular complexity index is 759. The van der Waals surface area contributed by atoms with Gasteiger partial charge < -0.3 is 19.7 Å². The maximum absolute atomic E-state index is 12.9. The molecule has 6 heteroatoms. The first-order valence-corrected chi connectivity index (χ1v) is 9.81. The average molecular weight is 386 g/mol. The number of likely N-dealkylation sites (tertiary alicyclic amines) is 1. The summed E-state index contributed by atoms with van der Waals surface area (Å²) < 4.78 is 24.6. The average Bonchev–Trinajstić information content (AvgIpc) is 2.71. The number of carbonyl (C=O) groups is 1. The van der Waals surface area contributed by atoms with E-state index in [9.17, 15) is 9.18 Å². The largest absolute Gasteiger partial charge is 0.490 e. The lowest BCUT2D eigenvalue weighted by Gasteiger charge is -2.32. The summed E-state index contributed by atoms with van der Waals surface area (Å²) in [5.41, 5.74) is 1.00. The van der Waals surface area contributed by atoms with E-state index in [2.05, 4.69) is 5.32 Å². The van der Waals surface area contributed by atoms with E-state index < -0.39 is 0 Å². The molecule has 0 unspecified atom stereocenters. The van der Waals surface area contributed by atoms with Gasteiger partial charge in [-0.3, -0.25) is 0 Å². The molecule has 0 saturated carbocycles. The van der Waals surface area contributed by atoms with Crippen molar-refractivity contribution in [3.63, 3.8) is 0 Å². The van der Waals surface area contributed by atoms with Gasteiger partial charge in [-0.15, -0.1) is 0 Å². The van der Waals surface area contributed by atoms with E-state index in [4.69, 9.17) is 9.47 Å². The van der Waals surface area contributed by atoms with Crippen molar-refractivity contribution in [3.05, 3.63) is 59.9 Å². The number of ether oxygens (including phenoxy) is 2. The van der Waals surface area contributed by atoms with Crippen LogP contribution in [0.25, 0.3) is 0 Å². The molecule has 5 nitrogen and oxygen atoms in total. The van der Waals surface area contributed by atoms with E-state index in [0.29, 0.717) is 32.7 Å². The molecule has 0 spiro atoms. The third-order valence-electron chi connectivity index (χ3n) is 4.77. The molecule has 0 atom stereocenters. The molecule has 1 aliphatic rings. The topological polar surface area (TPSA) is 50.8 Å². The number of hydrogen-bond acceptors (Lipinski definition) is 3. The summed E-state index contributed by atoms with van der Waals surface area (Å²) in [6, 6.07) is 14.0. The summed E-state index contributed by atoms with van der Waals surface area (Å²) in [5.74, 6) is 1.26. The Hall–Kier alpha value is -2.76. The number of amides is 2. The van der Waals surface area contributed by atoms with Crippen molar-refractivity contribution in [1.82, 2.24) is 10.2 Å². The van der Waals surface area contributed by atoms with Gasteiger partial charge in [0.2, 0.25) is 0 Å². The van der Waals surface area contributed by atoms with E-state index in [1.54, 1.807) is 12.1 Å². The van der Waals surface area contributed by atoms with E-state index in [-0.39, 0.29) is 18.0 Å². The van der Waals surface area contributed by atoms with Gasteiger partial charge in [0.1, 0.15) is 11.9 Å². The molecular weight excluding hydrogens is 359 g/mol. The lowest BCUT2D eigenvalue weighted by Crippen LogP contribution is -2.46. The van der Waals surface area contributed by atoms with Crippen LogP contribution in [-0.2, 0) is 6.42 Å². The maximum Gasteiger partial charge on any atom is 0.317 e. The van der Waals surface area contributed by atoms with Crippen LogP contribution in [0.3, 0.4) is 0 Å². The smallest absolute Gasteiger partial charge is 0.317 e. The Kier molecular flexibility index (Phi) is 7.12. The molecule has 1 N–H and O–H groups in total. The first kappa shape index (κ1) is 20.0. The number of benzene rings is 2. The van der Waals surface area contributed by atoms with Crippen LogP contribution in [0.1, 0.15) is 25.3 Å². The molecule has 1 heterocycles. The summed E-state index contributed by atoms with van der Waals surface area (Å²) in [4.78, 5) is 14.2. The fourth-order valence-corrected chi connectivity index (χ4v) is 3.26. The van der Waals surface area contributed by atoms with E-state index in [1.165, 1.54) is 12.1 Å². The molecule has 2 aromatic rings. The van der Waals surface area contributed by atoms with Gasteiger partial charge in [0.05, 0.1) is 6.61 Å². The predicted molar refractivity (Wildman–Crippen MR) is 106 cm³/mol. The quantitative estimate of drug-likeness (QED) is 0.782. The number of nitrogens with zero attached hydrogens (tertiary/aromatic N) is 1. The third-order valence-corrected chi connectivity index (χ3v) is 4.77. The normalized spacial score (nSPS) is 14.6. The zero-order valence-electron chi connectivity index (χ0n) is 16.2. The zero-order chi connectivity index (χ0) is 19.8. The highest BCUT2D eigenvalue weighted by Crippen LogP contribution is 2.29. The minimum Gasteiger partial charge on any atom is -0.490 e. The fourth-order valence-electron chi connectivity index (χ4n) is 3.26. The monoisotopic (exact) mass is 386 g/mol. The highest BCUT2D eigenvalue weighted by Gasteiger charge is 2.24. The van der Waals surface area contributed by atoms with Gasteiger partial charge in [-0.2, -0.15) is 0 Å². The molecule has 3 rings (SSSR count). The van der Waals surface area contributed by atoms with Gasteiger partial charge in [-0.05, 0) is 43.2 Å². The lowest BCUT2D eigenvalue weighted by atomic mass is 10.1. The van der Waals surface area contributed by atoms with E-state index in [1.807, 2.05) is 36.1 Å². The molecular formula is C22H27FN2O3. The van der Waals surface area contributed by atoms with Gasteiger partial charge in [0, 0.05) is 32.5 Å². The summed E-state index contributed by atoms with van der Waals surface area (Å²) in [7, 11) is 0. The van der Waals surface area contributed by atoms with Crippen molar-refractivity contribution < 1.29 is 18.7 Å². The molecule has 0 aliphatic carbocycles. The zero-order valence-corrected chi connectivity index (χ0v) is 16.2.